The van der Waals surface area contributed by atoms with Crippen molar-refractivity contribution in [1.82, 2.24) is 4.90 Å². The van der Waals surface area contributed by atoms with Gasteiger partial charge in [-0.1, -0.05) is 23.9 Å². The topological polar surface area (TPSA) is 46.3 Å². The van der Waals surface area contributed by atoms with E-state index < -0.39 is 0 Å². The van der Waals surface area contributed by atoms with Gasteiger partial charge >= 0.3 is 0 Å². The molecule has 104 valence electrons. The third-order valence-electron chi connectivity index (χ3n) is 2.72. The second kappa shape index (κ2) is 6.33. The number of benzene rings is 2. The van der Waals surface area contributed by atoms with E-state index in [0.717, 1.165) is 14.3 Å². The number of hydrogen-bond acceptors (Lipinski definition) is 3. The maximum absolute atomic E-state index is 12.0. The Morgan fingerprint density at radius 1 is 1.15 bits per heavy atom. The molecule has 5 heteroatoms. The van der Waals surface area contributed by atoms with Crippen LogP contribution in [-0.2, 0) is 0 Å². The van der Waals surface area contributed by atoms with Crippen molar-refractivity contribution in [2.75, 3.05) is 19.8 Å². The van der Waals surface area contributed by atoms with Gasteiger partial charge in [0, 0.05) is 39.6 Å². The first-order valence-corrected chi connectivity index (χ1v) is 7.63. The van der Waals surface area contributed by atoms with Crippen LogP contribution in [0.1, 0.15) is 10.4 Å². The summed E-state index contributed by atoms with van der Waals surface area (Å²) in [6.07, 6.45) is 0. The van der Waals surface area contributed by atoms with Crippen LogP contribution in [0.15, 0.2) is 56.7 Å². The molecular formula is C15H15BrN2OS. The van der Waals surface area contributed by atoms with E-state index in [4.69, 9.17) is 5.73 Å². The Kier molecular flexibility index (Phi) is 4.73. The molecule has 2 rings (SSSR count). The lowest BCUT2D eigenvalue weighted by Crippen LogP contribution is -2.21. The van der Waals surface area contributed by atoms with Crippen LogP contribution in [0, 0.1) is 0 Å². The summed E-state index contributed by atoms with van der Waals surface area (Å²) in [6, 6.07) is 13.3. The number of amides is 1. The largest absolute Gasteiger partial charge is 0.398 e. The van der Waals surface area contributed by atoms with Gasteiger partial charge in [-0.05, 0) is 46.3 Å². The van der Waals surface area contributed by atoms with Gasteiger partial charge in [0.05, 0.1) is 0 Å². The Hall–Kier alpha value is -1.46. The lowest BCUT2D eigenvalue weighted by Gasteiger charge is -2.13. The Morgan fingerprint density at radius 2 is 1.85 bits per heavy atom. The Morgan fingerprint density at radius 3 is 2.50 bits per heavy atom. The van der Waals surface area contributed by atoms with Crippen molar-refractivity contribution in [2.45, 2.75) is 9.79 Å². The molecule has 0 aromatic heterocycles. The minimum Gasteiger partial charge on any atom is -0.398 e. The molecule has 0 aliphatic rings. The zero-order chi connectivity index (χ0) is 14.7. The van der Waals surface area contributed by atoms with Crippen molar-refractivity contribution in [3.8, 4) is 0 Å². The van der Waals surface area contributed by atoms with Crippen molar-refractivity contribution in [3.63, 3.8) is 0 Å². The molecule has 2 aromatic rings. The van der Waals surface area contributed by atoms with Crippen LogP contribution in [0.5, 0.6) is 0 Å². The number of rotatable bonds is 3. The average Bonchev–Trinajstić information content (AvgIpc) is 2.42. The summed E-state index contributed by atoms with van der Waals surface area (Å²) < 4.78 is 1.01. The summed E-state index contributed by atoms with van der Waals surface area (Å²) in [5.41, 5.74) is 7.31. The molecule has 2 aromatic carbocycles. The van der Waals surface area contributed by atoms with E-state index in [0.29, 0.717) is 11.3 Å². The highest BCUT2D eigenvalue weighted by Crippen LogP contribution is 2.36. The molecule has 0 fully saturated rings. The van der Waals surface area contributed by atoms with Crippen LogP contribution in [0.2, 0.25) is 0 Å². The molecule has 2 N–H and O–H groups in total. The van der Waals surface area contributed by atoms with E-state index in [1.165, 1.54) is 0 Å². The van der Waals surface area contributed by atoms with Crippen LogP contribution in [-0.4, -0.2) is 24.9 Å². The standard InChI is InChI=1S/C15H15BrN2OS/c1-18(2)15(19)10-7-8-12(17)14(9-10)20-13-6-4-3-5-11(13)16/h3-9H,17H2,1-2H3. The fourth-order valence-corrected chi connectivity index (χ4v) is 3.11. The van der Waals surface area contributed by atoms with Gasteiger partial charge in [-0.15, -0.1) is 0 Å². The first kappa shape index (κ1) is 14.9. The minimum atomic E-state index is -0.0287. The highest BCUT2D eigenvalue weighted by atomic mass is 79.9. The summed E-state index contributed by atoms with van der Waals surface area (Å²) in [5.74, 6) is -0.0287. The van der Waals surface area contributed by atoms with Gasteiger partial charge in [-0.2, -0.15) is 0 Å². The van der Waals surface area contributed by atoms with Crippen molar-refractivity contribution in [3.05, 3.63) is 52.5 Å². The maximum atomic E-state index is 12.0. The summed E-state index contributed by atoms with van der Waals surface area (Å²) in [7, 11) is 3.47. The van der Waals surface area contributed by atoms with Crippen molar-refractivity contribution in [2.24, 2.45) is 0 Å². The SMILES string of the molecule is CN(C)C(=O)c1ccc(N)c(Sc2ccccc2Br)c1. The van der Waals surface area contributed by atoms with Gasteiger partial charge in [0.2, 0.25) is 0 Å². The predicted octanol–water partition coefficient (Wildman–Crippen LogP) is 3.88. The van der Waals surface area contributed by atoms with Crippen molar-refractivity contribution < 1.29 is 4.79 Å². The van der Waals surface area contributed by atoms with Gasteiger partial charge in [-0.25, -0.2) is 0 Å². The number of nitrogens with two attached hydrogens (primary N) is 1. The summed E-state index contributed by atoms with van der Waals surface area (Å²) in [5, 5.41) is 0. The van der Waals surface area contributed by atoms with E-state index in [2.05, 4.69) is 15.9 Å². The molecular weight excluding hydrogens is 336 g/mol. The number of halogens is 1. The van der Waals surface area contributed by atoms with Crippen molar-refractivity contribution in [1.29, 1.82) is 0 Å². The third-order valence-corrected chi connectivity index (χ3v) is 4.83. The van der Waals surface area contributed by atoms with E-state index in [-0.39, 0.29) is 5.91 Å². The molecule has 1 amide bonds. The number of nitrogen functional groups attached to an aromatic ring is 1. The van der Waals surface area contributed by atoms with Crippen molar-refractivity contribution >= 4 is 39.3 Å². The average molecular weight is 351 g/mol. The molecule has 0 bridgehead atoms. The second-order valence-electron chi connectivity index (χ2n) is 4.48. The molecule has 0 heterocycles. The van der Waals surface area contributed by atoms with E-state index in [1.54, 1.807) is 42.9 Å². The van der Waals surface area contributed by atoms with Crippen LogP contribution in [0.3, 0.4) is 0 Å². The molecule has 3 nitrogen and oxygen atoms in total. The zero-order valence-electron chi connectivity index (χ0n) is 11.3. The number of carbonyl (C=O) groups is 1. The summed E-state index contributed by atoms with van der Waals surface area (Å²) in [6.45, 7) is 0. The number of nitrogens with zero attached hydrogens (tertiary/aromatic N) is 1. The summed E-state index contributed by atoms with van der Waals surface area (Å²) >= 11 is 5.05. The van der Waals surface area contributed by atoms with E-state index >= 15 is 0 Å². The van der Waals surface area contributed by atoms with Gasteiger partial charge in [-0.3, -0.25) is 4.79 Å². The maximum Gasteiger partial charge on any atom is 0.253 e. The van der Waals surface area contributed by atoms with Crippen LogP contribution in [0.25, 0.3) is 0 Å². The predicted molar refractivity (Wildman–Crippen MR) is 87.1 cm³/mol. The number of carbonyl (C=O) groups excluding carboxylic acids is 1. The molecule has 0 unspecified atom stereocenters. The summed E-state index contributed by atoms with van der Waals surface area (Å²) in [4.78, 5) is 15.5. The van der Waals surface area contributed by atoms with Gasteiger partial charge in [0.25, 0.3) is 5.91 Å². The second-order valence-corrected chi connectivity index (χ2v) is 6.42. The van der Waals surface area contributed by atoms with Gasteiger partial charge in [0.15, 0.2) is 0 Å². The van der Waals surface area contributed by atoms with E-state index in [9.17, 15) is 4.79 Å². The molecule has 0 radical (unpaired) electrons. The number of hydrogen-bond donors (Lipinski definition) is 1. The smallest absolute Gasteiger partial charge is 0.253 e. The lowest BCUT2D eigenvalue weighted by molar-refractivity contribution is 0.0827. The Balaban J connectivity index is 2.35. The highest BCUT2D eigenvalue weighted by molar-refractivity contribution is 9.10. The van der Waals surface area contributed by atoms with Crippen LogP contribution >= 0.6 is 27.7 Å². The first-order valence-electron chi connectivity index (χ1n) is 6.02. The Bertz CT molecular complexity index is 644. The molecule has 0 saturated heterocycles. The third kappa shape index (κ3) is 3.35. The van der Waals surface area contributed by atoms with Crippen LogP contribution in [0.4, 0.5) is 5.69 Å². The quantitative estimate of drug-likeness (QED) is 0.854. The number of anilines is 1. The van der Waals surface area contributed by atoms with E-state index in [1.807, 2.05) is 30.3 Å². The monoisotopic (exact) mass is 350 g/mol. The molecule has 0 aliphatic heterocycles. The van der Waals surface area contributed by atoms with Gasteiger partial charge < -0.3 is 10.6 Å². The minimum absolute atomic E-state index is 0.0287. The molecule has 20 heavy (non-hydrogen) atoms. The fourth-order valence-electron chi connectivity index (χ4n) is 1.66. The fraction of sp³-hybridized carbons (Fsp3) is 0.133. The zero-order valence-corrected chi connectivity index (χ0v) is 13.7. The lowest BCUT2D eigenvalue weighted by atomic mass is 10.2. The normalized spacial score (nSPS) is 10.3. The molecule has 0 saturated carbocycles. The molecule has 0 spiro atoms. The Labute approximate surface area is 131 Å². The van der Waals surface area contributed by atoms with Gasteiger partial charge in [0.1, 0.15) is 0 Å². The van der Waals surface area contributed by atoms with Crippen LogP contribution < -0.4 is 5.73 Å². The molecule has 0 atom stereocenters. The first-order chi connectivity index (χ1) is 9.49. The molecule has 0 aliphatic carbocycles. The highest BCUT2D eigenvalue weighted by Gasteiger charge is 2.11.